The lowest BCUT2D eigenvalue weighted by Gasteiger charge is -2.16. The summed E-state index contributed by atoms with van der Waals surface area (Å²) in [5, 5.41) is 17.3. The molecule has 107 valence electrons. The number of H-pyrrole nitrogens is 1. The van der Waals surface area contributed by atoms with E-state index in [1.165, 1.54) is 6.33 Å². The van der Waals surface area contributed by atoms with Gasteiger partial charge in [0.1, 0.15) is 30.5 Å². The van der Waals surface area contributed by atoms with Gasteiger partial charge in [0.05, 0.1) is 0 Å². The largest absolute Gasteiger partial charge is 0.609 e. The van der Waals surface area contributed by atoms with E-state index in [1.54, 1.807) is 0 Å². The Morgan fingerprint density at radius 2 is 2.15 bits per heavy atom. The van der Waals surface area contributed by atoms with Crippen molar-refractivity contribution in [2.75, 3.05) is 12.4 Å². The van der Waals surface area contributed by atoms with E-state index in [0.29, 0.717) is 0 Å². The van der Waals surface area contributed by atoms with Crippen molar-refractivity contribution in [2.24, 2.45) is 0 Å². The van der Waals surface area contributed by atoms with Gasteiger partial charge in [-0.15, -0.1) is 5.10 Å². The quantitative estimate of drug-likeness (QED) is 0.767. The van der Waals surface area contributed by atoms with Gasteiger partial charge in [-0.2, -0.15) is 0 Å². The van der Waals surface area contributed by atoms with Crippen LogP contribution in [0.25, 0.3) is 0 Å². The van der Waals surface area contributed by atoms with Crippen LogP contribution in [0.3, 0.4) is 0 Å². The van der Waals surface area contributed by atoms with Gasteiger partial charge in [0.15, 0.2) is 0 Å². The van der Waals surface area contributed by atoms with Gasteiger partial charge in [0.2, 0.25) is 0 Å². The Bertz CT molecular complexity index is 528. The molecule has 0 aliphatic heterocycles. The number of aliphatic hydroxyl groups excluding tert-OH is 1. The van der Waals surface area contributed by atoms with Crippen LogP contribution in [0, 0.1) is 19.9 Å². The molecule has 0 saturated heterocycles. The molecule has 0 spiro atoms. The number of nitrogens with zero attached hydrogens (tertiary/aromatic N) is 2. The molecule has 0 amide bonds. The van der Waals surface area contributed by atoms with E-state index in [9.17, 15) is 9.66 Å². The SMILES string of the molecule is Cc1c[c]cc(C)c1OCC(O)C[S+]([O-])c1nnc[nH]1. The zero-order chi connectivity index (χ0) is 14.5. The van der Waals surface area contributed by atoms with Crippen LogP contribution in [0.5, 0.6) is 5.75 Å². The van der Waals surface area contributed by atoms with Crippen molar-refractivity contribution in [3.8, 4) is 5.75 Å². The molecule has 1 aromatic carbocycles. The first-order valence-corrected chi connectivity index (χ1v) is 7.42. The van der Waals surface area contributed by atoms with Crippen LogP contribution in [-0.2, 0) is 11.2 Å². The highest BCUT2D eigenvalue weighted by Gasteiger charge is 2.20. The highest BCUT2D eigenvalue weighted by molar-refractivity contribution is 7.91. The monoisotopic (exact) mass is 294 g/mol. The Morgan fingerprint density at radius 1 is 1.45 bits per heavy atom. The molecule has 7 heteroatoms. The Kier molecular flexibility index (Phi) is 4.99. The third-order valence-corrected chi connectivity index (χ3v) is 4.01. The molecule has 2 N–H and O–H groups in total. The molecular weight excluding hydrogens is 278 g/mol. The molecule has 2 unspecified atom stereocenters. The highest BCUT2D eigenvalue weighted by Crippen LogP contribution is 2.22. The molecule has 0 aliphatic carbocycles. The van der Waals surface area contributed by atoms with Crippen molar-refractivity contribution in [1.82, 2.24) is 15.2 Å². The minimum Gasteiger partial charge on any atom is -0.609 e. The minimum absolute atomic E-state index is 0.0479. The maximum Gasteiger partial charge on any atom is 0.340 e. The van der Waals surface area contributed by atoms with Crippen molar-refractivity contribution in [3.63, 3.8) is 0 Å². The first kappa shape index (κ1) is 14.8. The fourth-order valence-corrected chi connectivity index (χ4v) is 2.67. The fraction of sp³-hybridized carbons (Fsp3) is 0.385. The molecule has 0 saturated carbocycles. The Balaban J connectivity index is 1.88. The van der Waals surface area contributed by atoms with Crippen LogP contribution in [0.15, 0.2) is 23.6 Å². The maximum absolute atomic E-state index is 11.8. The first-order chi connectivity index (χ1) is 9.58. The second-order valence-corrected chi connectivity index (χ2v) is 5.83. The summed E-state index contributed by atoms with van der Waals surface area (Å²) in [6.45, 7) is 3.90. The van der Waals surface area contributed by atoms with Gasteiger partial charge in [-0.05, 0) is 43.2 Å². The number of nitrogens with one attached hydrogen (secondary N) is 1. The number of aryl methyl sites for hydroxylation is 2. The number of hydrogen-bond donors (Lipinski definition) is 2. The molecule has 0 aliphatic rings. The zero-order valence-electron chi connectivity index (χ0n) is 11.3. The zero-order valence-corrected chi connectivity index (χ0v) is 12.1. The summed E-state index contributed by atoms with van der Waals surface area (Å²) in [7, 11) is 0. The normalized spacial score (nSPS) is 14.0. The van der Waals surface area contributed by atoms with Gasteiger partial charge >= 0.3 is 5.16 Å². The number of benzene rings is 1. The van der Waals surface area contributed by atoms with E-state index in [1.807, 2.05) is 26.0 Å². The Hall–Kier alpha value is -1.57. The third-order valence-electron chi connectivity index (χ3n) is 2.69. The predicted octanol–water partition coefficient (Wildman–Crippen LogP) is 0.769. The average Bonchev–Trinajstić information content (AvgIpc) is 2.92. The van der Waals surface area contributed by atoms with Crippen molar-refractivity contribution in [3.05, 3.63) is 35.7 Å². The van der Waals surface area contributed by atoms with E-state index in [0.717, 1.165) is 16.9 Å². The van der Waals surface area contributed by atoms with Crippen LogP contribution in [0.2, 0.25) is 0 Å². The van der Waals surface area contributed by atoms with Gasteiger partial charge in [0.25, 0.3) is 0 Å². The standard InChI is InChI=1S/C13H16N3O3S/c1-9-4-3-5-10(2)12(9)19-6-11(17)7-20(18)13-14-8-15-16-13/h4-5,8,11,17H,6-7H2,1-2H3,(H,14,15,16). The van der Waals surface area contributed by atoms with E-state index < -0.39 is 17.3 Å². The second kappa shape index (κ2) is 6.74. The lowest BCUT2D eigenvalue weighted by atomic mass is 10.1. The Labute approximate surface area is 120 Å². The van der Waals surface area contributed by atoms with E-state index in [2.05, 4.69) is 21.2 Å². The summed E-state index contributed by atoms with van der Waals surface area (Å²) >= 11 is -1.42. The molecule has 0 bridgehead atoms. The summed E-state index contributed by atoms with van der Waals surface area (Å²) in [5.74, 6) is 0.778. The molecule has 20 heavy (non-hydrogen) atoms. The average molecular weight is 294 g/mol. The van der Waals surface area contributed by atoms with Crippen molar-refractivity contribution in [2.45, 2.75) is 25.1 Å². The molecule has 1 heterocycles. The molecule has 2 atom stereocenters. The van der Waals surface area contributed by atoms with Crippen LogP contribution in [-0.4, -0.2) is 43.3 Å². The van der Waals surface area contributed by atoms with Gasteiger partial charge < -0.3 is 14.4 Å². The number of aliphatic hydroxyl groups is 1. The Morgan fingerprint density at radius 3 is 2.75 bits per heavy atom. The summed E-state index contributed by atoms with van der Waals surface area (Å²) < 4.78 is 17.4. The topological polar surface area (TPSA) is 94.1 Å². The van der Waals surface area contributed by atoms with Crippen molar-refractivity contribution < 1.29 is 14.4 Å². The number of aromatic amines is 1. The maximum atomic E-state index is 11.8. The summed E-state index contributed by atoms with van der Waals surface area (Å²) in [6.07, 6.45) is 0.507. The smallest absolute Gasteiger partial charge is 0.340 e. The lowest BCUT2D eigenvalue weighted by molar-refractivity contribution is 0.124. The predicted molar refractivity (Wildman–Crippen MR) is 73.9 cm³/mol. The number of hydrogen-bond acceptors (Lipinski definition) is 5. The molecular formula is C13H16N3O3S. The van der Waals surface area contributed by atoms with Crippen molar-refractivity contribution in [1.29, 1.82) is 0 Å². The van der Waals surface area contributed by atoms with Crippen molar-refractivity contribution >= 4 is 11.2 Å². The first-order valence-electron chi connectivity index (χ1n) is 6.10. The highest BCUT2D eigenvalue weighted by atomic mass is 32.2. The molecule has 0 fully saturated rings. The van der Waals surface area contributed by atoms with E-state index >= 15 is 0 Å². The minimum atomic E-state index is -1.42. The van der Waals surface area contributed by atoms with Gasteiger partial charge in [-0.1, -0.05) is 5.10 Å². The van der Waals surface area contributed by atoms with Crippen LogP contribution in [0.4, 0.5) is 0 Å². The summed E-state index contributed by atoms with van der Waals surface area (Å²) in [4.78, 5) is 2.66. The molecule has 2 rings (SSSR count). The van der Waals surface area contributed by atoms with Crippen LogP contribution < -0.4 is 4.74 Å². The molecule has 1 aromatic heterocycles. The van der Waals surface area contributed by atoms with E-state index in [4.69, 9.17) is 4.74 Å². The van der Waals surface area contributed by atoms with E-state index in [-0.39, 0.29) is 17.5 Å². The van der Waals surface area contributed by atoms with Gasteiger partial charge in [-0.3, -0.25) is 4.98 Å². The molecule has 2 aromatic rings. The molecule has 1 radical (unpaired) electrons. The fourth-order valence-electron chi connectivity index (χ4n) is 1.75. The summed E-state index contributed by atoms with van der Waals surface area (Å²) in [6, 6.07) is 6.64. The second-order valence-electron chi connectivity index (χ2n) is 4.42. The van der Waals surface area contributed by atoms with Gasteiger partial charge in [0, 0.05) is 11.2 Å². The number of aromatic nitrogens is 3. The molecule has 6 nitrogen and oxygen atoms in total. The number of rotatable bonds is 6. The third kappa shape index (κ3) is 3.72. The lowest BCUT2D eigenvalue weighted by Crippen LogP contribution is -2.28. The van der Waals surface area contributed by atoms with Crippen LogP contribution >= 0.6 is 0 Å². The summed E-state index contributed by atoms with van der Waals surface area (Å²) in [5.41, 5.74) is 1.90. The van der Waals surface area contributed by atoms with Gasteiger partial charge in [-0.25, -0.2) is 0 Å². The number of ether oxygens (including phenoxy) is 1. The van der Waals surface area contributed by atoms with Crippen LogP contribution in [0.1, 0.15) is 11.1 Å².